The molecule has 1 amide bonds. The number of hydrogen-bond donors (Lipinski definition) is 2. The molecule has 2 heterocycles. The van der Waals surface area contributed by atoms with Gasteiger partial charge in [0.2, 0.25) is 15.9 Å². The van der Waals surface area contributed by atoms with Gasteiger partial charge in [0, 0.05) is 11.9 Å². The van der Waals surface area contributed by atoms with Crippen LogP contribution >= 0.6 is 11.3 Å². The van der Waals surface area contributed by atoms with Crippen molar-refractivity contribution >= 4 is 33.0 Å². The lowest BCUT2D eigenvalue weighted by Crippen LogP contribution is -2.19. The van der Waals surface area contributed by atoms with Gasteiger partial charge in [0.1, 0.15) is 12.2 Å². The van der Waals surface area contributed by atoms with E-state index in [0.29, 0.717) is 5.69 Å². The highest BCUT2D eigenvalue weighted by atomic mass is 32.2. The monoisotopic (exact) mass is 362 g/mol. The quantitative estimate of drug-likeness (QED) is 0.723. The van der Waals surface area contributed by atoms with Crippen molar-refractivity contribution in [3.05, 3.63) is 54.0 Å². The van der Waals surface area contributed by atoms with Gasteiger partial charge in [-0.15, -0.1) is 11.3 Å². The number of sulfonamides is 1. The van der Waals surface area contributed by atoms with Gasteiger partial charge in [-0.1, -0.05) is 12.1 Å². The second-order valence-electron chi connectivity index (χ2n) is 5.00. The summed E-state index contributed by atoms with van der Waals surface area (Å²) >= 11 is 1.57. The fraction of sp³-hybridized carbons (Fsp3) is 0.0667. The summed E-state index contributed by atoms with van der Waals surface area (Å²) in [6, 6.07) is 11.5. The van der Waals surface area contributed by atoms with Crippen molar-refractivity contribution in [3.63, 3.8) is 0 Å². The van der Waals surface area contributed by atoms with E-state index in [4.69, 9.17) is 5.14 Å². The zero-order valence-corrected chi connectivity index (χ0v) is 14.0. The maximum atomic E-state index is 12.1. The second kappa shape index (κ2) is 6.56. The smallest absolute Gasteiger partial charge is 0.246 e. The molecule has 3 N–H and O–H groups in total. The molecule has 0 unspecified atom stereocenters. The van der Waals surface area contributed by atoms with E-state index in [1.54, 1.807) is 23.6 Å². The van der Waals surface area contributed by atoms with Crippen LogP contribution in [0.25, 0.3) is 10.6 Å². The van der Waals surface area contributed by atoms with E-state index in [-0.39, 0.29) is 17.3 Å². The van der Waals surface area contributed by atoms with Crippen LogP contribution in [0.15, 0.2) is 58.9 Å². The van der Waals surface area contributed by atoms with E-state index < -0.39 is 10.0 Å². The number of nitrogens with zero attached hydrogens (tertiary/aromatic N) is 2. The third-order valence-corrected chi connectivity index (χ3v) is 4.97. The average Bonchev–Trinajstić information content (AvgIpc) is 3.17. The molecular weight excluding hydrogens is 348 g/mol. The number of hydrogen-bond acceptors (Lipinski definition) is 5. The van der Waals surface area contributed by atoms with E-state index in [9.17, 15) is 13.2 Å². The van der Waals surface area contributed by atoms with Crippen LogP contribution in [0.5, 0.6) is 0 Å². The van der Waals surface area contributed by atoms with E-state index in [1.807, 2.05) is 23.6 Å². The van der Waals surface area contributed by atoms with Crippen LogP contribution in [-0.4, -0.2) is 24.1 Å². The summed E-state index contributed by atoms with van der Waals surface area (Å²) in [6.45, 7) is 0.0188. The Morgan fingerprint density at radius 3 is 2.79 bits per heavy atom. The summed E-state index contributed by atoms with van der Waals surface area (Å²) in [5.74, 6) is -0.317. The highest BCUT2D eigenvalue weighted by molar-refractivity contribution is 7.89. The Balaban J connectivity index is 1.68. The van der Waals surface area contributed by atoms with Crippen molar-refractivity contribution in [2.45, 2.75) is 11.4 Å². The van der Waals surface area contributed by atoms with Gasteiger partial charge in [0.05, 0.1) is 9.77 Å². The predicted octanol–water partition coefficient (Wildman–Crippen LogP) is 1.90. The number of thiophene rings is 1. The van der Waals surface area contributed by atoms with E-state index in [2.05, 4.69) is 10.4 Å². The zero-order chi connectivity index (χ0) is 17.2. The van der Waals surface area contributed by atoms with Crippen molar-refractivity contribution in [1.29, 1.82) is 0 Å². The van der Waals surface area contributed by atoms with Gasteiger partial charge in [-0.3, -0.25) is 9.48 Å². The van der Waals surface area contributed by atoms with Crippen LogP contribution in [0, 0.1) is 0 Å². The third-order valence-electron chi connectivity index (χ3n) is 3.17. The number of nitrogens with two attached hydrogens (primary N) is 1. The molecule has 9 heteroatoms. The summed E-state index contributed by atoms with van der Waals surface area (Å²) in [7, 11) is -3.81. The lowest BCUT2D eigenvalue weighted by molar-refractivity contribution is -0.116. The molecule has 0 aliphatic carbocycles. The minimum atomic E-state index is -3.81. The van der Waals surface area contributed by atoms with Gasteiger partial charge in [-0.2, -0.15) is 5.10 Å². The molecule has 0 aliphatic rings. The fourth-order valence-electron chi connectivity index (χ4n) is 2.10. The predicted molar refractivity (Wildman–Crippen MR) is 92.0 cm³/mol. The molecular formula is C15H14N4O3S2. The SMILES string of the molecule is NS(=O)(=O)c1cccc(NC(=O)Cn2ccc(-c3cccs3)n2)c1. The van der Waals surface area contributed by atoms with Gasteiger partial charge in [-0.25, -0.2) is 13.6 Å². The Hall–Kier alpha value is -2.49. The number of carbonyl (C=O) groups excluding carboxylic acids is 1. The Kier molecular flexibility index (Phi) is 4.47. The normalized spacial score (nSPS) is 11.4. The van der Waals surface area contributed by atoms with Gasteiger partial charge in [0.25, 0.3) is 0 Å². The number of aromatic nitrogens is 2. The highest BCUT2D eigenvalue weighted by Gasteiger charge is 2.11. The lowest BCUT2D eigenvalue weighted by Gasteiger charge is -2.07. The lowest BCUT2D eigenvalue weighted by atomic mass is 10.3. The van der Waals surface area contributed by atoms with Crippen LogP contribution in [0.1, 0.15) is 0 Å². The largest absolute Gasteiger partial charge is 0.324 e. The molecule has 0 radical (unpaired) electrons. The molecule has 3 aromatic rings. The number of amides is 1. The van der Waals surface area contributed by atoms with Crippen LogP contribution in [0.2, 0.25) is 0 Å². The maximum Gasteiger partial charge on any atom is 0.246 e. The number of rotatable bonds is 5. The first-order chi connectivity index (χ1) is 11.4. The third kappa shape index (κ3) is 3.88. The molecule has 0 saturated heterocycles. The molecule has 3 rings (SSSR count). The van der Waals surface area contributed by atoms with Gasteiger partial charge < -0.3 is 5.32 Å². The summed E-state index contributed by atoms with van der Waals surface area (Å²) in [4.78, 5) is 13.1. The minimum absolute atomic E-state index is 0.0188. The topological polar surface area (TPSA) is 107 Å². The molecule has 0 saturated carbocycles. The Morgan fingerprint density at radius 2 is 2.08 bits per heavy atom. The molecule has 1 aromatic carbocycles. The Labute approximate surface area is 142 Å². The zero-order valence-electron chi connectivity index (χ0n) is 12.4. The molecule has 0 aliphatic heterocycles. The number of benzene rings is 1. The molecule has 0 bridgehead atoms. The van der Waals surface area contributed by atoms with Crippen molar-refractivity contribution in [3.8, 4) is 10.6 Å². The van der Waals surface area contributed by atoms with Gasteiger partial charge in [-0.05, 0) is 35.7 Å². The van der Waals surface area contributed by atoms with E-state index in [0.717, 1.165) is 10.6 Å². The van der Waals surface area contributed by atoms with E-state index >= 15 is 0 Å². The number of carbonyl (C=O) groups is 1. The standard InChI is InChI=1S/C15H14N4O3S2/c16-24(21,22)12-4-1-3-11(9-12)17-15(20)10-19-7-6-13(18-19)14-5-2-8-23-14/h1-9H,10H2,(H,17,20)(H2,16,21,22). The van der Waals surface area contributed by atoms with Crippen molar-refractivity contribution < 1.29 is 13.2 Å². The summed E-state index contributed by atoms with van der Waals surface area (Å²) < 4.78 is 24.2. The fourth-order valence-corrected chi connectivity index (χ4v) is 3.35. The van der Waals surface area contributed by atoms with Crippen LogP contribution in [0.4, 0.5) is 5.69 Å². The molecule has 2 aromatic heterocycles. The van der Waals surface area contributed by atoms with Crippen LogP contribution in [-0.2, 0) is 21.4 Å². The Morgan fingerprint density at radius 1 is 1.25 bits per heavy atom. The summed E-state index contributed by atoms with van der Waals surface area (Å²) in [6.07, 6.45) is 1.72. The van der Waals surface area contributed by atoms with Crippen molar-refractivity contribution in [2.24, 2.45) is 5.14 Å². The number of primary sulfonamides is 1. The summed E-state index contributed by atoms with van der Waals surface area (Å²) in [5.41, 5.74) is 1.16. The van der Waals surface area contributed by atoms with Crippen molar-refractivity contribution in [1.82, 2.24) is 9.78 Å². The molecule has 24 heavy (non-hydrogen) atoms. The van der Waals surface area contributed by atoms with Crippen LogP contribution < -0.4 is 10.5 Å². The number of anilines is 1. The molecule has 0 atom stereocenters. The van der Waals surface area contributed by atoms with E-state index in [1.165, 1.54) is 22.9 Å². The summed E-state index contributed by atoms with van der Waals surface area (Å²) in [5, 5.41) is 14.0. The molecule has 0 fully saturated rings. The minimum Gasteiger partial charge on any atom is -0.324 e. The average molecular weight is 362 g/mol. The first-order valence-corrected chi connectivity index (χ1v) is 9.34. The Bertz CT molecular complexity index is 962. The van der Waals surface area contributed by atoms with Gasteiger partial charge >= 0.3 is 0 Å². The second-order valence-corrected chi connectivity index (χ2v) is 7.51. The first kappa shape index (κ1) is 16.4. The van der Waals surface area contributed by atoms with Gasteiger partial charge in [0.15, 0.2) is 0 Å². The highest BCUT2D eigenvalue weighted by Crippen LogP contribution is 2.22. The first-order valence-electron chi connectivity index (χ1n) is 6.92. The maximum absolute atomic E-state index is 12.1. The molecule has 0 spiro atoms. The van der Waals surface area contributed by atoms with Crippen molar-refractivity contribution in [2.75, 3.05) is 5.32 Å². The number of nitrogens with one attached hydrogen (secondary N) is 1. The van der Waals surface area contributed by atoms with Crippen LogP contribution in [0.3, 0.4) is 0 Å². The molecule has 7 nitrogen and oxygen atoms in total. The molecule has 124 valence electrons.